The van der Waals surface area contributed by atoms with Crippen molar-refractivity contribution in [3.05, 3.63) is 35.9 Å². The summed E-state index contributed by atoms with van der Waals surface area (Å²) in [5.74, 6) is -0.308. The molecule has 4 heteroatoms. The van der Waals surface area contributed by atoms with Crippen molar-refractivity contribution >= 4 is 9.84 Å². The highest BCUT2D eigenvalue weighted by molar-refractivity contribution is 7.90. The summed E-state index contributed by atoms with van der Waals surface area (Å²) in [5.41, 5.74) is 0.732. The molecule has 0 aliphatic rings. The highest BCUT2D eigenvalue weighted by Gasteiger charge is 2.10. The van der Waals surface area contributed by atoms with Crippen LogP contribution >= 0.6 is 0 Å². The third kappa shape index (κ3) is 3.57. The molecule has 13 heavy (non-hydrogen) atoms. The number of benzene rings is 1. The molecule has 0 atom stereocenters. The van der Waals surface area contributed by atoms with E-state index >= 15 is 0 Å². The van der Waals surface area contributed by atoms with Crippen LogP contribution in [0.4, 0.5) is 0 Å². The Hall–Kier alpha value is -0.870. The Balaban J connectivity index is 2.70. The van der Waals surface area contributed by atoms with E-state index in [9.17, 15) is 13.5 Å². The van der Waals surface area contributed by atoms with Crippen LogP contribution in [0.3, 0.4) is 0 Å². The second kappa shape index (κ2) is 4.39. The molecule has 1 aromatic carbocycles. The largest absolute Gasteiger partial charge is 0.236 e. The summed E-state index contributed by atoms with van der Waals surface area (Å²) in [5, 5.41) is 10.2. The van der Waals surface area contributed by atoms with Gasteiger partial charge in [-0.2, -0.15) is 0 Å². The fourth-order valence-electron chi connectivity index (χ4n) is 1.03. The van der Waals surface area contributed by atoms with Crippen molar-refractivity contribution in [3.8, 4) is 0 Å². The Labute approximate surface area is 77.9 Å². The molecule has 0 aliphatic heterocycles. The van der Waals surface area contributed by atoms with Crippen LogP contribution in [0.5, 0.6) is 0 Å². The number of hydrogen-bond donors (Lipinski definition) is 0. The lowest BCUT2D eigenvalue weighted by Gasteiger charge is -2.00. The summed E-state index contributed by atoms with van der Waals surface area (Å²) in [6, 6.07) is 8.86. The molecule has 0 unspecified atom stereocenters. The maximum Gasteiger partial charge on any atom is 0.156 e. The minimum Gasteiger partial charge on any atom is -0.236 e. The molecule has 0 aliphatic carbocycles. The monoisotopic (exact) mass is 199 g/mol. The van der Waals surface area contributed by atoms with Gasteiger partial charge in [-0.1, -0.05) is 30.3 Å². The quantitative estimate of drug-likeness (QED) is 0.727. The van der Waals surface area contributed by atoms with Gasteiger partial charge in [0.2, 0.25) is 0 Å². The molecule has 0 saturated heterocycles. The second-order valence-corrected chi connectivity index (χ2v) is 4.97. The summed E-state index contributed by atoms with van der Waals surface area (Å²) < 4.78 is 22.4. The molecule has 0 heterocycles. The van der Waals surface area contributed by atoms with Crippen LogP contribution in [0.25, 0.3) is 0 Å². The van der Waals surface area contributed by atoms with Gasteiger partial charge in [0.25, 0.3) is 0 Å². The van der Waals surface area contributed by atoms with Gasteiger partial charge >= 0.3 is 0 Å². The first-order valence-electron chi connectivity index (χ1n) is 3.96. The summed E-state index contributed by atoms with van der Waals surface area (Å²) in [4.78, 5) is 0. The molecule has 0 bridgehead atoms. The average Bonchev–Trinajstić information content (AvgIpc) is 2.04. The fraction of sp³-hybridized carbons (Fsp3) is 0.333. The van der Waals surface area contributed by atoms with E-state index in [1.165, 1.54) is 0 Å². The lowest BCUT2D eigenvalue weighted by molar-refractivity contribution is 0.213. The van der Waals surface area contributed by atoms with E-state index in [2.05, 4.69) is 0 Å². The Morgan fingerprint density at radius 1 is 1.08 bits per heavy atom. The second-order valence-electron chi connectivity index (χ2n) is 2.78. The predicted octanol–water partition coefficient (Wildman–Crippen LogP) is 1.03. The zero-order valence-corrected chi connectivity index (χ0v) is 7.96. The molecular formula is C9H11O3S. The van der Waals surface area contributed by atoms with Crippen molar-refractivity contribution in [2.45, 2.75) is 5.75 Å². The molecule has 1 aromatic rings. The van der Waals surface area contributed by atoms with Gasteiger partial charge < -0.3 is 0 Å². The summed E-state index contributed by atoms with van der Waals surface area (Å²) in [6.07, 6.45) is 0. The maximum atomic E-state index is 11.2. The molecule has 1 rings (SSSR count). The number of hydrogen-bond acceptors (Lipinski definition) is 2. The summed E-state index contributed by atoms with van der Waals surface area (Å²) in [6.45, 7) is -0.560. The van der Waals surface area contributed by atoms with Crippen molar-refractivity contribution in [1.29, 1.82) is 0 Å². The Morgan fingerprint density at radius 2 is 1.69 bits per heavy atom. The lowest BCUT2D eigenvalue weighted by atomic mass is 10.2. The summed E-state index contributed by atoms with van der Waals surface area (Å²) in [7, 11) is -3.20. The van der Waals surface area contributed by atoms with Crippen molar-refractivity contribution in [2.24, 2.45) is 0 Å². The van der Waals surface area contributed by atoms with Gasteiger partial charge in [-0.25, -0.2) is 13.5 Å². The van der Waals surface area contributed by atoms with Crippen molar-refractivity contribution in [1.82, 2.24) is 0 Å². The third-order valence-electron chi connectivity index (χ3n) is 1.62. The van der Waals surface area contributed by atoms with Crippen molar-refractivity contribution < 1.29 is 13.5 Å². The first-order valence-corrected chi connectivity index (χ1v) is 5.78. The van der Waals surface area contributed by atoms with Gasteiger partial charge in [0.05, 0.1) is 18.1 Å². The Bertz CT molecular complexity index is 342. The molecule has 0 spiro atoms. The van der Waals surface area contributed by atoms with Crippen molar-refractivity contribution in [2.75, 3.05) is 12.4 Å². The SMILES string of the molecule is [O]CCS(=O)(=O)Cc1ccccc1. The van der Waals surface area contributed by atoms with Crippen LogP contribution in [-0.4, -0.2) is 20.8 Å². The molecule has 0 fully saturated rings. The standard InChI is InChI=1S/C9H11O3S/c10-6-7-13(11,12)8-9-4-2-1-3-5-9/h1-5H,6-8H2. The van der Waals surface area contributed by atoms with E-state index in [4.69, 9.17) is 0 Å². The Kier molecular flexibility index (Phi) is 3.45. The molecule has 3 nitrogen and oxygen atoms in total. The minimum absolute atomic E-state index is 0.0317. The van der Waals surface area contributed by atoms with E-state index in [1.54, 1.807) is 24.3 Å². The minimum atomic E-state index is -3.20. The lowest BCUT2D eigenvalue weighted by Crippen LogP contribution is -2.11. The number of rotatable bonds is 4. The topological polar surface area (TPSA) is 54.0 Å². The average molecular weight is 199 g/mol. The van der Waals surface area contributed by atoms with Gasteiger partial charge in [-0.15, -0.1) is 0 Å². The Morgan fingerprint density at radius 3 is 2.23 bits per heavy atom. The fourth-order valence-corrected chi connectivity index (χ4v) is 2.13. The van der Waals surface area contributed by atoms with Crippen LogP contribution in [-0.2, 0) is 20.7 Å². The molecule has 0 amide bonds. The van der Waals surface area contributed by atoms with Crippen LogP contribution in [0.1, 0.15) is 5.56 Å². The number of sulfone groups is 1. The van der Waals surface area contributed by atoms with Crippen LogP contribution in [0.2, 0.25) is 0 Å². The van der Waals surface area contributed by atoms with Gasteiger partial charge in [0.15, 0.2) is 9.84 Å². The third-order valence-corrected chi connectivity index (χ3v) is 3.19. The van der Waals surface area contributed by atoms with Crippen molar-refractivity contribution in [3.63, 3.8) is 0 Å². The van der Waals surface area contributed by atoms with Gasteiger partial charge in [0, 0.05) is 0 Å². The van der Waals surface area contributed by atoms with Gasteiger partial charge in [-0.05, 0) is 5.56 Å². The maximum absolute atomic E-state index is 11.2. The predicted molar refractivity (Wildman–Crippen MR) is 49.5 cm³/mol. The van der Waals surface area contributed by atoms with Gasteiger partial charge in [-0.3, -0.25) is 0 Å². The molecule has 0 N–H and O–H groups in total. The molecule has 0 aromatic heterocycles. The van der Waals surface area contributed by atoms with Gasteiger partial charge in [0.1, 0.15) is 0 Å². The molecule has 71 valence electrons. The van der Waals surface area contributed by atoms with E-state index < -0.39 is 16.4 Å². The van der Waals surface area contributed by atoms with Crippen LogP contribution < -0.4 is 0 Å². The highest BCUT2D eigenvalue weighted by Crippen LogP contribution is 2.05. The molecular weight excluding hydrogens is 188 g/mol. The molecule has 0 saturated carbocycles. The zero-order valence-electron chi connectivity index (χ0n) is 7.14. The van der Waals surface area contributed by atoms with Crippen LogP contribution in [0, 0.1) is 0 Å². The van der Waals surface area contributed by atoms with E-state index in [0.717, 1.165) is 5.56 Å². The smallest absolute Gasteiger partial charge is 0.156 e. The molecule has 1 radical (unpaired) electrons. The van der Waals surface area contributed by atoms with E-state index in [0.29, 0.717) is 0 Å². The van der Waals surface area contributed by atoms with E-state index in [1.807, 2.05) is 6.07 Å². The first-order chi connectivity index (χ1) is 6.14. The normalized spacial score (nSPS) is 11.5. The summed E-state index contributed by atoms with van der Waals surface area (Å²) >= 11 is 0. The highest BCUT2D eigenvalue weighted by atomic mass is 32.2. The first kappa shape index (κ1) is 10.2. The van der Waals surface area contributed by atoms with E-state index in [-0.39, 0.29) is 11.5 Å². The van der Waals surface area contributed by atoms with Crippen LogP contribution in [0.15, 0.2) is 30.3 Å². The zero-order chi connectivity index (χ0) is 9.73.